The Morgan fingerprint density at radius 3 is 2.71 bits per heavy atom. The van der Waals surface area contributed by atoms with Crippen LogP contribution in [0.4, 0.5) is 0 Å². The van der Waals surface area contributed by atoms with Crippen molar-refractivity contribution in [3.05, 3.63) is 35.5 Å². The number of allylic oxidation sites excluding steroid dienone is 5. The van der Waals surface area contributed by atoms with E-state index >= 15 is 0 Å². The molecule has 0 aromatic carbocycles. The van der Waals surface area contributed by atoms with E-state index in [4.69, 9.17) is 4.74 Å². The van der Waals surface area contributed by atoms with Crippen LogP contribution in [0.1, 0.15) is 53.9 Å². The molecular formula is C24H33NO3. The second kappa shape index (κ2) is 6.98. The fourth-order valence-electron chi connectivity index (χ4n) is 5.78. The summed E-state index contributed by atoms with van der Waals surface area (Å²) in [5.74, 6) is 0.314. The molecule has 1 amide bonds. The minimum Gasteiger partial charge on any atom is -0.365 e. The number of amides is 1. The summed E-state index contributed by atoms with van der Waals surface area (Å²) in [7, 11) is 0. The third kappa shape index (κ3) is 3.01. The molecule has 2 aliphatic carbocycles. The van der Waals surface area contributed by atoms with Gasteiger partial charge in [0.2, 0.25) is 5.91 Å². The maximum Gasteiger partial charge on any atom is 0.235 e. The van der Waals surface area contributed by atoms with Crippen molar-refractivity contribution in [2.75, 3.05) is 0 Å². The number of carbonyl (C=O) groups excluding carboxylic acids is 2. The van der Waals surface area contributed by atoms with Crippen LogP contribution in [0.5, 0.6) is 0 Å². The molecule has 0 aromatic rings. The highest BCUT2D eigenvalue weighted by Gasteiger charge is 2.64. The number of hydrogen-bond donors (Lipinski definition) is 1. The number of carbonyl (C=O) groups is 2. The summed E-state index contributed by atoms with van der Waals surface area (Å²) in [6.07, 6.45) is 11.0. The van der Waals surface area contributed by atoms with Crippen molar-refractivity contribution in [1.29, 1.82) is 0 Å². The largest absolute Gasteiger partial charge is 0.365 e. The van der Waals surface area contributed by atoms with Gasteiger partial charge in [-0.05, 0) is 57.1 Å². The molecule has 1 N–H and O–H groups in total. The topological polar surface area (TPSA) is 58.7 Å². The third-order valence-electron chi connectivity index (χ3n) is 7.36. The van der Waals surface area contributed by atoms with Crippen LogP contribution in [-0.2, 0) is 14.3 Å². The van der Waals surface area contributed by atoms with Crippen molar-refractivity contribution in [3.63, 3.8) is 0 Å². The molecule has 2 saturated heterocycles. The number of ketones is 1. The first-order valence-electron chi connectivity index (χ1n) is 10.8. The quantitative estimate of drug-likeness (QED) is 0.446. The van der Waals surface area contributed by atoms with Gasteiger partial charge < -0.3 is 10.1 Å². The Morgan fingerprint density at radius 2 is 2.00 bits per heavy atom. The van der Waals surface area contributed by atoms with Gasteiger partial charge in [0.05, 0.1) is 6.10 Å². The molecule has 7 unspecified atom stereocenters. The first-order chi connectivity index (χ1) is 13.2. The highest BCUT2D eigenvalue weighted by atomic mass is 16.6. The lowest BCUT2D eigenvalue weighted by Gasteiger charge is -2.44. The van der Waals surface area contributed by atoms with Crippen molar-refractivity contribution >= 4 is 11.7 Å². The van der Waals surface area contributed by atoms with Gasteiger partial charge in [-0.15, -0.1) is 0 Å². The summed E-state index contributed by atoms with van der Waals surface area (Å²) in [5.41, 5.74) is 1.49. The number of rotatable bonds is 2. The van der Waals surface area contributed by atoms with Gasteiger partial charge in [-0.2, -0.15) is 0 Å². The van der Waals surface area contributed by atoms with E-state index < -0.39 is 5.41 Å². The van der Waals surface area contributed by atoms with E-state index in [2.05, 4.69) is 52.1 Å². The van der Waals surface area contributed by atoms with Gasteiger partial charge in [-0.3, -0.25) is 9.59 Å². The van der Waals surface area contributed by atoms with E-state index in [9.17, 15) is 9.59 Å². The van der Waals surface area contributed by atoms with Crippen molar-refractivity contribution in [1.82, 2.24) is 5.32 Å². The van der Waals surface area contributed by atoms with Crippen LogP contribution in [-0.4, -0.2) is 29.9 Å². The maximum atomic E-state index is 13.7. The zero-order chi connectivity index (χ0) is 20.2. The molecule has 152 valence electrons. The lowest BCUT2D eigenvalue weighted by atomic mass is 9.55. The van der Waals surface area contributed by atoms with Crippen molar-refractivity contribution < 1.29 is 14.3 Å². The zero-order valence-electron chi connectivity index (χ0n) is 17.7. The molecule has 4 aliphatic rings. The number of nitrogens with one attached hydrogen (secondary N) is 1. The second-order valence-electron chi connectivity index (χ2n) is 9.74. The first kappa shape index (κ1) is 19.6. The molecule has 0 aromatic heterocycles. The van der Waals surface area contributed by atoms with Crippen LogP contribution >= 0.6 is 0 Å². The fourth-order valence-corrected chi connectivity index (χ4v) is 5.78. The molecule has 4 nitrogen and oxygen atoms in total. The van der Waals surface area contributed by atoms with Crippen LogP contribution in [0, 0.1) is 29.1 Å². The Kier molecular flexibility index (Phi) is 4.89. The van der Waals surface area contributed by atoms with Crippen LogP contribution in [0.15, 0.2) is 35.5 Å². The van der Waals surface area contributed by atoms with Crippen LogP contribution in [0.2, 0.25) is 0 Å². The summed E-state index contributed by atoms with van der Waals surface area (Å²) in [6.45, 7) is 10.8. The van der Waals surface area contributed by atoms with Crippen LogP contribution in [0.3, 0.4) is 0 Å². The van der Waals surface area contributed by atoms with Gasteiger partial charge in [0.25, 0.3) is 0 Å². The van der Waals surface area contributed by atoms with E-state index in [1.54, 1.807) is 6.08 Å². The van der Waals surface area contributed by atoms with E-state index in [-0.39, 0.29) is 47.7 Å². The molecule has 7 atom stereocenters. The Balaban J connectivity index is 1.87. The number of fused-ring (bicyclic) bond motifs is 1. The predicted molar refractivity (Wildman–Crippen MR) is 110 cm³/mol. The van der Waals surface area contributed by atoms with Crippen molar-refractivity contribution in [2.45, 2.75) is 72.1 Å². The summed E-state index contributed by atoms with van der Waals surface area (Å²) < 4.78 is 5.69. The lowest BCUT2D eigenvalue weighted by molar-refractivity contribution is -0.142. The molecular weight excluding hydrogens is 350 g/mol. The van der Waals surface area contributed by atoms with Crippen molar-refractivity contribution in [3.8, 4) is 0 Å². The molecule has 0 radical (unpaired) electrons. The Morgan fingerprint density at radius 1 is 1.25 bits per heavy atom. The number of epoxide rings is 1. The molecule has 0 bridgehead atoms. The molecule has 4 rings (SSSR count). The number of ether oxygens (including phenoxy) is 1. The molecule has 1 spiro atoms. The molecule has 0 saturated carbocycles. The third-order valence-corrected chi connectivity index (χ3v) is 7.36. The van der Waals surface area contributed by atoms with Crippen molar-refractivity contribution in [2.24, 2.45) is 29.1 Å². The van der Waals surface area contributed by atoms with E-state index in [1.165, 1.54) is 11.1 Å². The molecule has 2 heterocycles. The molecule has 2 fully saturated rings. The monoisotopic (exact) mass is 383 g/mol. The molecule has 4 heteroatoms. The first-order valence-corrected chi connectivity index (χ1v) is 10.8. The zero-order valence-corrected chi connectivity index (χ0v) is 17.7. The summed E-state index contributed by atoms with van der Waals surface area (Å²) in [4.78, 5) is 27.2. The van der Waals surface area contributed by atoms with Gasteiger partial charge in [0.15, 0.2) is 5.78 Å². The van der Waals surface area contributed by atoms with E-state index in [1.807, 2.05) is 6.08 Å². The number of hydrogen-bond acceptors (Lipinski definition) is 3. The fraction of sp³-hybridized carbons (Fsp3) is 0.667. The minimum absolute atomic E-state index is 0.0183. The van der Waals surface area contributed by atoms with Gasteiger partial charge in [-0.1, -0.05) is 44.1 Å². The Hall–Kier alpha value is -1.68. The highest BCUT2D eigenvalue weighted by molar-refractivity contribution is 6.13. The summed E-state index contributed by atoms with van der Waals surface area (Å²) >= 11 is 0. The van der Waals surface area contributed by atoms with Gasteiger partial charge in [0.1, 0.15) is 11.5 Å². The molecule has 28 heavy (non-hydrogen) atoms. The highest BCUT2D eigenvalue weighted by Crippen LogP contribution is 2.55. The standard InChI is InChI=1S/C24H33NO3/c1-13(2)10-18-22-16(5)15(4)12-17-11-14(3)6-7-19-20(28-19)8-9-21(26)24(17,22)23(27)25-18/h8-9,11-13,16-20,22H,6-7,10H2,1-5H3,(H,25,27)/b9-8+,14-11?. The smallest absolute Gasteiger partial charge is 0.235 e. The minimum atomic E-state index is -1.04. The van der Waals surface area contributed by atoms with E-state index in [0.717, 1.165) is 19.3 Å². The Labute approximate surface area is 168 Å². The SMILES string of the molecule is CC1=CC2C=C(C)C(C)C3C(CC(C)C)NC(=O)C23C(=O)/C=C/C2OC2CC1. The summed E-state index contributed by atoms with van der Waals surface area (Å²) in [6, 6.07) is 0.0368. The Bertz CT molecular complexity index is 777. The van der Waals surface area contributed by atoms with E-state index in [0.29, 0.717) is 5.92 Å². The van der Waals surface area contributed by atoms with Gasteiger partial charge >= 0.3 is 0 Å². The summed E-state index contributed by atoms with van der Waals surface area (Å²) in [5, 5.41) is 3.25. The normalized spacial score (nSPS) is 43.8. The molecule has 2 aliphatic heterocycles. The maximum absolute atomic E-state index is 13.7. The van der Waals surface area contributed by atoms with Gasteiger partial charge in [-0.25, -0.2) is 0 Å². The average Bonchev–Trinajstić information content (AvgIpc) is 3.30. The van der Waals surface area contributed by atoms with Crippen LogP contribution < -0.4 is 5.32 Å². The average molecular weight is 384 g/mol. The van der Waals surface area contributed by atoms with Crippen LogP contribution in [0.25, 0.3) is 0 Å². The predicted octanol–water partition coefficient (Wildman–Crippen LogP) is 3.98. The second-order valence-corrected chi connectivity index (χ2v) is 9.74. The van der Waals surface area contributed by atoms with Gasteiger partial charge in [0, 0.05) is 17.9 Å². The lowest BCUT2D eigenvalue weighted by Crippen LogP contribution is -2.51.